The van der Waals surface area contributed by atoms with Crippen LogP contribution in [-0.4, -0.2) is 25.2 Å². The zero-order chi connectivity index (χ0) is 14.0. The summed E-state index contributed by atoms with van der Waals surface area (Å²) in [5, 5.41) is 9.05. The molecule has 0 aliphatic heterocycles. The highest BCUT2D eigenvalue weighted by molar-refractivity contribution is 7.91. The van der Waals surface area contributed by atoms with Crippen molar-refractivity contribution in [3.05, 3.63) is 29.3 Å². The summed E-state index contributed by atoms with van der Waals surface area (Å²) in [4.78, 5) is 11.2. The summed E-state index contributed by atoms with van der Waals surface area (Å²) in [7, 11) is -3.39. The fraction of sp³-hybridized carbons (Fsp3) is 0.500. The van der Waals surface area contributed by atoms with E-state index in [2.05, 4.69) is 0 Å². The van der Waals surface area contributed by atoms with E-state index in [9.17, 15) is 13.2 Å². The molecule has 0 atom stereocenters. The molecule has 0 aromatic heterocycles. The van der Waals surface area contributed by atoms with Crippen molar-refractivity contribution < 1.29 is 18.3 Å². The van der Waals surface area contributed by atoms with Crippen molar-refractivity contribution in [3.63, 3.8) is 0 Å². The van der Waals surface area contributed by atoms with Crippen LogP contribution in [0.5, 0.6) is 0 Å². The van der Waals surface area contributed by atoms with Crippen LogP contribution in [0.15, 0.2) is 23.1 Å². The quantitative estimate of drug-likeness (QED) is 0.921. The highest BCUT2D eigenvalue weighted by atomic mass is 32.2. The highest BCUT2D eigenvalue weighted by Crippen LogP contribution is 2.29. The van der Waals surface area contributed by atoms with E-state index < -0.39 is 15.8 Å². The number of benzene rings is 1. The molecule has 1 aliphatic rings. The topological polar surface area (TPSA) is 71.4 Å². The molecule has 19 heavy (non-hydrogen) atoms. The van der Waals surface area contributed by atoms with Gasteiger partial charge in [0.05, 0.1) is 16.2 Å². The number of rotatable bonds is 4. The second kappa shape index (κ2) is 5.33. The Balaban J connectivity index is 2.34. The lowest BCUT2D eigenvalue weighted by Crippen LogP contribution is -2.16. The van der Waals surface area contributed by atoms with Crippen LogP contribution in [0, 0.1) is 12.8 Å². The predicted octanol–water partition coefficient (Wildman–Crippen LogP) is 2.66. The Kier molecular flexibility index (Phi) is 3.94. The minimum absolute atomic E-state index is 0.0625. The molecule has 0 saturated heterocycles. The van der Waals surface area contributed by atoms with Crippen LogP contribution in [0.2, 0.25) is 0 Å². The summed E-state index contributed by atoms with van der Waals surface area (Å²) in [5.41, 5.74) is 0.403. The minimum Gasteiger partial charge on any atom is -0.478 e. The molecule has 0 amide bonds. The first-order valence-corrected chi connectivity index (χ1v) is 8.12. The van der Waals surface area contributed by atoms with Gasteiger partial charge in [-0.05, 0) is 43.4 Å². The molecule has 1 aromatic rings. The zero-order valence-corrected chi connectivity index (χ0v) is 11.7. The van der Waals surface area contributed by atoms with Gasteiger partial charge >= 0.3 is 5.97 Å². The predicted molar refractivity (Wildman–Crippen MR) is 72.1 cm³/mol. The van der Waals surface area contributed by atoms with Gasteiger partial charge in [-0.1, -0.05) is 18.9 Å². The Morgan fingerprint density at radius 1 is 1.32 bits per heavy atom. The maximum Gasteiger partial charge on any atom is 0.335 e. The molecule has 0 heterocycles. The molecule has 4 nitrogen and oxygen atoms in total. The number of carboxylic acids is 1. The first kappa shape index (κ1) is 14.1. The van der Waals surface area contributed by atoms with E-state index >= 15 is 0 Å². The lowest BCUT2D eigenvalue weighted by atomic mass is 10.1. The molecule has 5 heteroatoms. The second-order valence-corrected chi connectivity index (χ2v) is 7.17. The van der Waals surface area contributed by atoms with Crippen LogP contribution in [0.25, 0.3) is 0 Å². The largest absolute Gasteiger partial charge is 0.478 e. The fourth-order valence-corrected chi connectivity index (χ4v) is 4.76. The van der Waals surface area contributed by atoms with Crippen LogP contribution in [-0.2, 0) is 9.84 Å². The summed E-state index contributed by atoms with van der Waals surface area (Å²) in [6, 6.07) is 4.44. The molecule has 1 N–H and O–H groups in total. The molecule has 0 spiro atoms. The number of carbonyl (C=O) groups is 1. The van der Waals surface area contributed by atoms with Gasteiger partial charge in [-0.25, -0.2) is 13.2 Å². The number of hydrogen-bond donors (Lipinski definition) is 1. The van der Waals surface area contributed by atoms with Crippen molar-refractivity contribution >= 4 is 15.8 Å². The SMILES string of the molecule is Cc1c(C(=O)O)cccc1S(=O)(=O)CC1CCCC1. The molecule has 0 bridgehead atoms. The van der Waals surface area contributed by atoms with Crippen molar-refractivity contribution in [2.24, 2.45) is 5.92 Å². The number of sulfone groups is 1. The van der Waals surface area contributed by atoms with Crippen molar-refractivity contribution in [1.29, 1.82) is 0 Å². The Labute approximate surface area is 113 Å². The van der Waals surface area contributed by atoms with Gasteiger partial charge in [0.25, 0.3) is 0 Å². The van der Waals surface area contributed by atoms with Crippen molar-refractivity contribution in [2.75, 3.05) is 5.75 Å². The molecule has 2 rings (SSSR count). The molecule has 0 unspecified atom stereocenters. The van der Waals surface area contributed by atoms with E-state index in [1.165, 1.54) is 18.2 Å². The van der Waals surface area contributed by atoms with Gasteiger partial charge in [-0.15, -0.1) is 0 Å². The third-order valence-corrected chi connectivity index (χ3v) is 5.80. The number of aromatic carboxylic acids is 1. The van der Waals surface area contributed by atoms with Crippen molar-refractivity contribution in [2.45, 2.75) is 37.5 Å². The number of hydrogen-bond acceptors (Lipinski definition) is 3. The minimum atomic E-state index is -3.39. The molecule has 1 fully saturated rings. The zero-order valence-electron chi connectivity index (χ0n) is 10.9. The van der Waals surface area contributed by atoms with E-state index in [1.54, 1.807) is 6.92 Å². The van der Waals surface area contributed by atoms with Crippen LogP contribution >= 0.6 is 0 Å². The molecule has 1 saturated carbocycles. The van der Waals surface area contributed by atoms with Crippen molar-refractivity contribution in [1.82, 2.24) is 0 Å². The summed E-state index contributed by atoms with van der Waals surface area (Å²) < 4.78 is 24.8. The van der Waals surface area contributed by atoms with Crippen LogP contribution in [0.4, 0.5) is 0 Å². The molecule has 1 aliphatic carbocycles. The average Bonchev–Trinajstić information content (AvgIpc) is 2.80. The third-order valence-electron chi connectivity index (χ3n) is 3.78. The van der Waals surface area contributed by atoms with Crippen LogP contribution in [0.1, 0.15) is 41.6 Å². The molecule has 1 aromatic carbocycles. The summed E-state index contributed by atoms with van der Waals surface area (Å²) in [6.07, 6.45) is 4.09. The highest BCUT2D eigenvalue weighted by Gasteiger charge is 2.26. The molecular formula is C14H18O4S. The summed E-state index contributed by atoms with van der Waals surface area (Å²) in [6.45, 7) is 1.56. The lowest BCUT2D eigenvalue weighted by molar-refractivity contribution is 0.0696. The maximum atomic E-state index is 12.4. The fourth-order valence-electron chi connectivity index (χ4n) is 2.76. The van der Waals surface area contributed by atoms with Gasteiger partial charge in [0.15, 0.2) is 9.84 Å². The van der Waals surface area contributed by atoms with E-state index in [-0.39, 0.29) is 22.1 Å². The van der Waals surface area contributed by atoms with Crippen molar-refractivity contribution in [3.8, 4) is 0 Å². The van der Waals surface area contributed by atoms with E-state index in [0.717, 1.165) is 25.7 Å². The molecule has 0 radical (unpaired) electrons. The van der Waals surface area contributed by atoms with Gasteiger partial charge in [0, 0.05) is 0 Å². The Morgan fingerprint density at radius 2 is 1.95 bits per heavy atom. The van der Waals surface area contributed by atoms with E-state index in [4.69, 9.17) is 5.11 Å². The van der Waals surface area contributed by atoms with E-state index in [1.807, 2.05) is 0 Å². The first-order chi connectivity index (χ1) is 8.92. The van der Waals surface area contributed by atoms with Crippen LogP contribution < -0.4 is 0 Å². The Hall–Kier alpha value is -1.36. The summed E-state index contributed by atoms with van der Waals surface area (Å²) in [5.74, 6) is -0.731. The van der Waals surface area contributed by atoms with Gasteiger partial charge in [0.1, 0.15) is 0 Å². The second-order valence-electron chi connectivity index (χ2n) is 5.17. The standard InChI is InChI=1S/C14H18O4S/c1-10-12(14(15)16)7-4-8-13(10)19(17,18)9-11-5-2-3-6-11/h4,7-8,11H,2-3,5-6,9H2,1H3,(H,15,16). The Bertz CT molecular complexity index is 583. The third kappa shape index (κ3) is 2.97. The van der Waals surface area contributed by atoms with Gasteiger partial charge < -0.3 is 5.11 Å². The molecular weight excluding hydrogens is 264 g/mol. The average molecular weight is 282 g/mol. The van der Waals surface area contributed by atoms with Gasteiger partial charge in [-0.3, -0.25) is 0 Å². The van der Waals surface area contributed by atoms with Crippen LogP contribution in [0.3, 0.4) is 0 Å². The monoisotopic (exact) mass is 282 g/mol. The normalized spacial score (nSPS) is 16.7. The lowest BCUT2D eigenvalue weighted by Gasteiger charge is -2.13. The van der Waals surface area contributed by atoms with Gasteiger partial charge in [-0.2, -0.15) is 0 Å². The Morgan fingerprint density at radius 3 is 2.53 bits per heavy atom. The molecule has 104 valence electrons. The number of carboxylic acid groups (broad SMARTS) is 1. The smallest absolute Gasteiger partial charge is 0.335 e. The van der Waals surface area contributed by atoms with Gasteiger partial charge in [0.2, 0.25) is 0 Å². The summed E-state index contributed by atoms with van der Waals surface area (Å²) >= 11 is 0. The first-order valence-electron chi connectivity index (χ1n) is 6.47. The maximum absolute atomic E-state index is 12.4. The van der Waals surface area contributed by atoms with E-state index in [0.29, 0.717) is 5.56 Å².